The molecule has 0 bridgehead atoms. The fourth-order valence-corrected chi connectivity index (χ4v) is 1.65. The molecule has 0 saturated carbocycles. The van der Waals surface area contributed by atoms with Gasteiger partial charge in [-0.3, -0.25) is 0 Å². The summed E-state index contributed by atoms with van der Waals surface area (Å²) in [6.45, 7) is 0.119. The normalized spacial score (nSPS) is 9.40. The number of benzene rings is 2. The van der Waals surface area contributed by atoms with E-state index < -0.39 is 11.9 Å². The van der Waals surface area contributed by atoms with E-state index in [1.165, 1.54) is 12.1 Å². The molecule has 0 heterocycles. The van der Waals surface area contributed by atoms with Gasteiger partial charge in [0.05, 0.1) is 11.1 Å². The minimum atomic E-state index is -1.15. The number of hydrogen-bond acceptors (Lipinski definition) is 3. The van der Waals surface area contributed by atoms with Crippen molar-refractivity contribution in [1.29, 1.82) is 0 Å². The van der Waals surface area contributed by atoms with Crippen molar-refractivity contribution < 1.29 is 22.3 Å². The molecule has 0 radical (unpaired) electrons. The summed E-state index contributed by atoms with van der Waals surface area (Å²) in [5, 5.41) is 8.99. The monoisotopic (exact) mass is 298 g/mol. The molecule has 0 aliphatic rings. The minimum absolute atomic E-state index is 0. The minimum Gasteiger partial charge on any atom is -1.00 e. The molecule has 100 valence electrons. The van der Waals surface area contributed by atoms with Crippen LogP contribution in [0.3, 0.4) is 0 Å². The Morgan fingerprint density at radius 3 is 2.10 bits per heavy atom. The number of carbonyl (C=O) groups is 2. The first-order chi connectivity index (χ1) is 9.18. The zero-order chi connectivity index (χ0) is 13.7. The van der Waals surface area contributed by atoms with E-state index in [0.717, 1.165) is 5.56 Å². The van der Waals surface area contributed by atoms with Gasteiger partial charge in [-0.05, 0) is 17.7 Å². The van der Waals surface area contributed by atoms with Crippen LogP contribution in [0.5, 0.6) is 0 Å². The van der Waals surface area contributed by atoms with Crippen molar-refractivity contribution in [2.24, 2.45) is 0 Å². The number of ether oxygens (including phenoxy) is 1. The summed E-state index contributed by atoms with van der Waals surface area (Å²) in [6.07, 6.45) is 0. The Hall–Kier alpha value is -1.36. The van der Waals surface area contributed by atoms with Gasteiger partial charge in [-0.15, -0.1) is 0 Å². The van der Waals surface area contributed by atoms with E-state index in [-0.39, 0.29) is 58.3 Å². The zero-order valence-corrected chi connectivity index (χ0v) is 13.0. The molecule has 0 aliphatic heterocycles. The maximum Gasteiger partial charge on any atom is 2.00 e. The summed E-state index contributed by atoms with van der Waals surface area (Å²) >= 11 is 0. The van der Waals surface area contributed by atoms with Crippen LogP contribution in [0.2, 0.25) is 0 Å². The number of carbonyl (C=O) groups excluding carboxylic acids is 1. The summed E-state index contributed by atoms with van der Waals surface area (Å²) < 4.78 is 5.10. The number of carboxylic acid groups (broad SMARTS) is 1. The molecule has 0 atom stereocenters. The van der Waals surface area contributed by atoms with Crippen LogP contribution in [0.25, 0.3) is 0 Å². The first-order valence-corrected chi connectivity index (χ1v) is 5.72. The second kappa shape index (κ2) is 8.04. The quantitative estimate of drug-likeness (QED) is 0.696. The summed E-state index contributed by atoms with van der Waals surface area (Å²) in [7, 11) is 0. The van der Waals surface area contributed by atoms with Crippen molar-refractivity contribution in [3.05, 3.63) is 71.3 Å². The Morgan fingerprint density at radius 2 is 1.50 bits per heavy atom. The average Bonchev–Trinajstić information content (AvgIpc) is 2.46. The molecule has 5 heteroatoms. The Balaban J connectivity index is 0. The van der Waals surface area contributed by atoms with Gasteiger partial charge >= 0.3 is 49.7 Å². The summed E-state index contributed by atoms with van der Waals surface area (Å²) in [5.74, 6) is -1.78. The summed E-state index contributed by atoms with van der Waals surface area (Å²) in [4.78, 5) is 22.9. The van der Waals surface area contributed by atoms with Crippen molar-refractivity contribution in [3.63, 3.8) is 0 Å². The molecule has 0 spiro atoms. The van der Waals surface area contributed by atoms with Gasteiger partial charge in [0.25, 0.3) is 0 Å². The van der Waals surface area contributed by atoms with E-state index in [1.54, 1.807) is 12.1 Å². The number of carboxylic acids is 1. The molecule has 2 rings (SSSR count). The molecule has 0 fully saturated rings. The van der Waals surface area contributed by atoms with Crippen molar-refractivity contribution in [1.82, 2.24) is 0 Å². The third-order valence-corrected chi connectivity index (χ3v) is 2.59. The third-order valence-electron chi connectivity index (χ3n) is 2.59. The molecule has 20 heavy (non-hydrogen) atoms. The molecule has 0 amide bonds. The van der Waals surface area contributed by atoms with Crippen LogP contribution in [0.1, 0.15) is 29.1 Å². The van der Waals surface area contributed by atoms with Gasteiger partial charge in [0.1, 0.15) is 6.61 Å². The van der Waals surface area contributed by atoms with E-state index in [4.69, 9.17) is 9.84 Å². The molecule has 0 saturated heterocycles. The second-order valence-corrected chi connectivity index (χ2v) is 3.91. The molecule has 2 aromatic rings. The molecule has 0 aliphatic carbocycles. The van der Waals surface area contributed by atoms with Crippen LogP contribution in [0.15, 0.2) is 54.6 Å². The van der Waals surface area contributed by atoms with Crippen LogP contribution < -0.4 is 0 Å². The van der Waals surface area contributed by atoms with Gasteiger partial charge < -0.3 is 12.7 Å². The van der Waals surface area contributed by atoms with E-state index in [1.807, 2.05) is 30.3 Å². The maximum atomic E-state index is 11.9. The van der Waals surface area contributed by atoms with Crippen molar-refractivity contribution in [2.75, 3.05) is 0 Å². The first-order valence-electron chi connectivity index (χ1n) is 5.72. The van der Waals surface area contributed by atoms with Crippen LogP contribution in [-0.2, 0) is 11.3 Å². The van der Waals surface area contributed by atoms with Crippen LogP contribution in [0.4, 0.5) is 0 Å². The molecular weight excluding hydrogens is 284 g/mol. The molecule has 4 nitrogen and oxygen atoms in total. The maximum absolute atomic E-state index is 11.9. The molecule has 1 N–H and O–H groups in total. The van der Waals surface area contributed by atoms with Gasteiger partial charge in [0, 0.05) is 0 Å². The van der Waals surface area contributed by atoms with Gasteiger partial charge in [0.2, 0.25) is 0 Å². The van der Waals surface area contributed by atoms with Crippen molar-refractivity contribution in [3.8, 4) is 0 Å². The Bertz CT molecular complexity index is 606. The topological polar surface area (TPSA) is 63.6 Å². The fraction of sp³-hybridized carbons (Fsp3) is 0.0667. The zero-order valence-electron chi connectivity index (χ0n) is 12.8. The smallest absolute Gasteiger partial charge is 1.00 e. The van der Waals surface area contributed by atoms with Gasteiger partial charge in [-0.1, -0.05) is 42.5 Å². The second-order valence-electron chi connectivity index (χ2n) is 3.91. The third kappa shape index (κ3) is 4.34. The Kier molecular flexibility index (Phi) is 6.71. The van der Waals surface area contributed by atoms with Gasteiger partial charge in [0.15, 0.2) is 0 Å². The summed E-state index contributed by atoms with van der Waals surface area (Å²) in [6, 6.07) is 15.2. The van der Waals surface area contributed by atoms with Crippen LogP contribution >= 0.6 is 0 Å². The number of aromatic carboxylic acids is 1. The van der Waals surface area contributed by atoms with E-state index >= 15 is 0 Å². The first kappa shape index (κ1) is 16.7. The van der Waals surface area contributed by atoms with E-state index in [0.29, 0.717) is 0 Å². The predicted octanol–water partition coefficient (Wildman–Crippen LogP) is 2.59. The number of esters is 1. The number of rotatable bonds is 4. The SMILES string of the molecule is O=C(O)c1ccccc1C(=O)OCc1ccccc1.[Ca+2].[H-].[H-]. The van der Waals surface area contributed by atoms with Gasteiger partial charge in [-0.2, -0.15) is 0 Å². The molecule has 2 aromatic carbocycles. The van der Waals surface area contributed by atoms with Crippen molar-refractivity contribution >= 4 is 49.7 Å². The Labute approximate surface area is 149 Å². The fourth-order valence-electron chi connectivity index (χ4n) is 1.65. The van der Waals surface area contributed by atoms with E-state index in [9.17, 15) is 9.59 Å². The molecular formula is C15H14CaO4. The standard InChI is InChI=1S/C15H12O4.Ca.2H/c16-14(17)12-8-4-5-9-13(12)15(18)19-10-11-6-2-1-3-7-11;;;/h1-9H,10H2,(H,16,17);;;/q;+2;2*-1. The summed E-state index contributed by atoms with van der Waals surface area (Å²) in [5.41, 5.74) is 0.857. The van der Waals surface area contributed by atoms with Crippen molar-refractivity contribution in [2.45, 2.75) is 6.61 Å². The molecule has 0 unspecified atom stereocenters. The van der Waals surface area contributed by atoms with E-state index in [2.05, 4.69) is 0 Å². The van der Waals surface area contributed by atoms with Crippen LogP contribution in [-0.4, -0.2) is 54.8 Å². The largest absolute Gasteiger partial charge is 2.00 e. The molecule has 0 aromatic heterocycles. The average molecular weight is 298 g/mol. The van der Waals surface area contributed by atoms with Crippen LogP contribution in [0, 0.1) is 0 Å². The number of hydrogen-bond donors (Lipinski definition) is 1. The predicted molar refractivity (Wildman–Crippen MR) is 76.9 cm³/mol. The Morgan fingerprint density at radius 1 is 0.950 bits per heavy atom. The van der Waals surface area contributed by atoms with Gasteiger partial charge in [-0.25, -0.2) is 9.59 Å².